The normalized spacial score (nSPS) is 21.7. The molecule has 1 aromatic carbocycles. The molecule has 0 amide bonds. The van der Waals surface area contributed by atoms with Crippen molar-refractivity contribution >= 4 is 11.7 Å². The van der Waals surface area contributed by atoms with Crippen LogP contribution >= 0.6 is 0 Å². The zero-order valence-corrected chi connectivity index (χ0v) is 11.7. The predicted octanol–water partition coefficient (Wildman–Crippen LogP) is 2.84. The first-order valence-electron chi connectivity index (χ1n) is 6.60. The average Bonchev–Trinajstić information content (AvgIpc) is 2.37. The molecule has 0 radical (unpaired) electrons. The summed E-state index contributed by atoms with van der Waals surface area (Å²) in [6.07, 6.45) is 1.86. The molecule has 1 fully saturated rings. The van der Waals surface area contributed by atoms with E-state index in [1.54, 1.807) is 6.07 Å². The summed E-state index contributed by atoms with van der Waals surface area (Å²) in [5.41, 5.74) is 1.29. The van der Waals surface area contributed by atoms with Crippen LogP contribution in [-0.2, 0) is 9.47 Å². The van der Waals surface area contributed by atoms with Crippen LogP contribution in [0.5, 0.6) is 0 Å². The molecule has 1 aliphatic heterocycles. The molecule has 4 heteroatoms. The van der Waals surface area contributed by atoms with E-state index in [0.717, 1.165) is 25.1 Å². The van der Waals surface area contributed by atoms with Gasteiger partial charge < -0.3 is 14.8 Å². The summed E-state index contributed by atoms with van der Waals surface area (Å²) in [5.74, 6) is -0.311. The van der Waals surface area contributed by atoms with E-state index in [1.807, 2.05) is 18.2 Å². The van der Waals surface area contributed by atoms with Gasteiger partial charge in [0.25, 0.3) is 0 Å². The van der Waals surface area contributed by atoms with E-state index in [1.165, 1.54) is 7.11 Å². The molecular weight excluding hydrogens is 242 g/mol. The Balaban J connectivity index is 2.13. The van der Waals surface area contributed by atoms with E-state index < -0.39 is 0 Å². The molecule has 104 valence electrons. The van der Waals surface area contributed by atoms with Gasteiger partial charge in [-0.2, -0.15) is 0 Å². The third kappa shape index (κ3) is 3.47. The first kappa shape index (κ1) is 13.9. The topological polar surface area (TPSA) is 47.6 Å². The maximum atomic E-state index is 11.7. The summed E-state index contributed by atoms with van der Waals surface area (Å²) < 4.78 is 10.5. The van der Waals surface area contributed by atoms with Crippen molar-refractivity contribution in [3.05, 3.63) is 29.8 Å². The molecule has 19 heavy (non-hydrogen) atoms. The Kier molecular flexibility index (Phi) is 4.10. The van der Waals surface area contributed by atoms with E-state index in [9.17, 15) is 4.79 Å². The number of ether oxygens (including phenoxy) is 2. The van der Waals surface area contributed by atoms with Crippen molar-refractivity contribution < 1.29 is 14.3 Å². The van der Waals surface area contributed by atoms with E-state index >= 15 is 0 Å². The zero-order valence-electron chi connectivity index (χ0n) is 11.7. The van der Waals surface area contributed by atoms with Gasteiger partial charge in [-0.05, 0) is 38.8 Å². The number of methoxy groups -OCH3 is 1. The maximum absolute atomic E-state index is 11.7. The van der Waals surface area contributed by atoms with Crippen LogP contribution in [0.1, 0.15) is 37.0 Å². The standard InChI is InChI=1S/C15H21NO3/c1-15(2)10-11(8-9-19-15)16-13-7-5-4-6-12(13)14(17)18-3/h4-7,11,16H,8-10H2,1-3H3. The second-order valence-corrected chi connectivity index (χ2v) is 5.48. The van der Waals surface area contributed by atoms with Crippen LogP contribution in [0, 0.1) is 0 Å². The molecule has 1 atom stereocenters. The average molecular weight is 263 g/mol. The van der Waals surface area contributed by atoms with Crippen molar-refractivity contribution in [2.75, 3.05) is 19.0 Å². The highest BCUT2D eigenvalue weighted by atomic mass is 16.5. The second-order valence-electron chi connectivity index (χ2n) is 5.48. The van der Waals surface area contributed by atoms with Crippen LogP contribution in [0.3, 0.4) is 0 Å². The largest absolute Gasteiger partial charge is 0.465 e. The quantitative estimate of drug-likeness (QED) is 0.852. The second kappa shape index (κ2) is 5.61. The van der Waals surface area contributed by atoms with Crippen LogP contribution in [0.25, 0.3) is 0 Å². The number of esters is 1. The number of rotatable bonds is 3. The molecule has 2 rings (SSSR count). The van der Waals surface area contributed by atoms with Gasteiger partial charge >= 0.3 is 5.97 Å². The fourth-order valence-electron chi connectivity index (χ4n) is 2.47. The van der Waals surface area contributed by atoms with Gasteiger partial charge in [-0.25, -0.2) is 4.79 Å². The number of benzene rings is 1. The Bertz CT molecular complexity index is 456. The number of nitrogens with one attached hydrogen (secondary N) is 1. The Hall–Kier alpha value is -1.55. The molecule has 1 aliphatic rings. The van der Waals surface area contributed by atoms with Gasteiger partial charge in [0, 0.05) is 18.3 Å². The Morgan fingerprint density at radius 3 is 2.84 bits per heavy atom. The SMILES string of the molecule is COC(=O)c1ccccc1NC1CCOC(C)(C)C1. The molecule has 1 N–H and O–H groups in total. The first-order chi connectivity index (χ1) is 9.02. The van der Waals surface area contributed by atoms with Gasteiger partial charge in [0.1, 0.15) is 0 Å². The van der Waals surface area contributed by atoms with Crippen molar-refractivity contribution in [3.8, 4) is 0 Å². The lowest BCUT2D eigenvalue weighted by atomic mass is 9.93. The third-order valence-corrected chi connectivity index (χ3v) is 3.39. The summed E-state index contributed by atoms with van der Waals surface area (Å²) in [5, 5.41) is 3.44. The van der Waals surface area contributed by atoms with Crippen molar-refractivity contribution in [1.82, 2.24) is 0 Å². The fraction of sp³-hybridized carbons (Fsp3) is 0.533. The molecule has 0 spiro atoms. The minimum atomic E-state index is -0.311. The fourth-order valence-corrected chi connectivity index (χ4v) is 2.47. The number of hydrogen-bond acceptors (Lipinski definition) is 4. The Morgan fingerprint density at radius 1 is 1.42 bits per heavy atom. The van der Waals surface area contributed by atoms with Crippen LogP contribution in [0.15, 0.2) is 24.3 Å². The molecule has 1 unspecified atom stereocenters. The lowest BCUT2D eigenvalue weighted by Gasteiger charge is -2.36. The summed E-state index contributed by atoms with van der Waals surface area (Å²) in [6, 6.07) is 7.76. The van der Waals surface area contributed by atoms with Crippen molar-refractivity contribution in [2.24, 2.45) is 0 Å². The summed E-state index contributed by atoms with van der Waals surface area (Å²) >= 11 is 0. The van der Waals surface area contributed by atoms with Crippen LogP contribution in [0.2, 0.25) is 0 Å². The van der Waals surface area contributed by atoms with Gasteiger partial charge in [0.15, 0.2) is 0 Å². The van der Waals surface area contributed by atoms with Gasteiger partial charge in [-0.1, -0.05) is 12.1 Å². The maximum Gasteiger partial charge on any atom is 0.339 e. The number of para-hydroxylation sites is 1. The Morgan fingerprint density at radius 2 is 2.16 bits per heavy atom. The molecule has 0 aromatic heterocycles. The van der Waals surface area contributed by atoms with Crippen molar-refractivity contribution in [3.63, 3.8) is 0 Å². The number of carbonyl (C=O) groups is 1. The molecule has 0 saturated carbocycles. The molecule has 4 nitrogen and oxygen atoms in total. The lowest BCUT2D eigenvalue weighted by molar-refractivity contribution is -0.0553. The van der Waals surface area contributed by atoms with Gasteiger partial charge in [-0.3, -0.25) is 0 Å². The van der Waals surface area contributed by atoms with Crippen LogP contribution in [0.4, 0.5) is 5.69 Å². The molecule has 1 saturated heterocycles. The minimum Gasteiger partial charge on any atom is -0.465 e. The van der Waals surface area contributed by atoms with Gasteiger partial charge in [0.05, 0.1) is 18.3 Å². The molecule has 0 bridgehead atoms. The molecule has 0 aliphatic carbocycles. The summed E-state index contributed by atoms with van der Waals surface area (Å²) in [4.78, 5) is 11.7. The summed E-state index contributed by atoms with van der Waals surface area (Å²) in [7, 11) is 1.40. The monoisotopic (exact) mass is 263 g/mol. The lowest BCUT2D eigenvalue weighted by Crippen LogP contribution is -2.40. The van der Waals surface area contributed by atoms with Gasteiger partial charge in [-0.15, -0.1) is 0 Å². The van der Waals surface area contributed by atoms with Crippen molar-refractivity contribution in [1.29, 1.82) is 0 Å². The van der Waals surface area contributed by atoms with Crippen LogP contribution < -0.4 is 5.32 Å². The molecular formula is C15H21NO3. The van der Waals surface area contributed by atoms with Crippen molar-refractivity contribution in [2.45, 2.75) is 38.3 Å². The summed E-state index contributed by atoms with van der Waals surface area (Å²) in [6.45, 7) is 4.92. The highest BCUT2D eigenvalue weighted by Gasteiger charge is 2.29. The number of hydrogen-bond donors (Lipinski definition) is 1. The minimum absolute atomic E-state index is 0.115. The first-order valence-corrected chi connectivity index (χ1v) is 6.60. The number of anilines is 1. The van der Waals surface area contributed by atoms with E-state index in [4.69, 9.17) is 9.47 Å². The van der Waals surface area contributed by atoms with Gasteiger partial charge in [0.2, 0.25) is 0 Å². The Labute approximate surface area is 114 Å². The highest BCUT2D eigenvalue weighted by molar-refractivity contribution is 5.95. The number of carbonyl (C=O) groups excluding carboxylic acids is 1. The zero-order chi connectivity index (χ0) is 13.9. The van der Waals surface area contributed by atoms with E-state index in [-0.39, 0.29) is 11.6 Å². The molecule has 1 aromatic rings. The van der Waals surface area contributed by atoms with E-state index in [2.05, 4.69) is 19.2 Å². The van der Waals surface area contributed by atoms with E-state index in [0.29, 0.717) is 11.6 Å². The van der Waals surface area contributed by atoms with Crippen LogP contribution in [-0.4, -0.2) is 31.3 Å². The predicted molar refractivity (Wildman–Crippen MR) is 74.5 cm³/mol. The third-order valence-electron chi connectivity index (χ3n) is 3.39. The molecule has 1 heterocycles. The smallest absolute Gasteiger partial charge is 0.339 e. The highest BCUT2D eigenvalue weighted by Crippen LogP contribution is 2.27.